The number of aliphatic imine (C=N–C) groups is 1. The summed E-state index contributed by atoms with van der Waals surface area (Å²) in [7, 11) is 1.87. The Hall–Kier alpha value is -1.14. The van der Waals surface area contributed by atoms with Crippen LogP contribution in [0.4, 0.5) is 0 Å². The van der Waals surface area contributed by atoms with E-state index in [1.807, 2.05) is 7.05 Å². The molecule has 0 bridgehead atoms. The van der Waals surface area contributed by atoms with Crippen molar-refractivity contribution >= 4 is 17.3 Å². The maximum Gasteiger partial charge on any atom is 0.194 e. The molecule has 0 amide bonds. The average Bonchev–Trinajstić information content (AvgIpc) is 3.17. The Kier molecular flexibility index (Phi) is 5.16. The van der Waals surface area contributed by atoms with Gasteiger partial charge in [-0.15, -0.1) is 11.3 Å². The first-order chi connectivity index (χ1) is 11.4. The summed E-state index contributed by atoms with van der Waals surface area (Å²) in [6.07, 6.45) is 3.62. The SMILES string of the molecule is CN=C(NCc1nc(C(C)(C)C)cs1)N1CCC2(CCOCC2)C1. The van der Waals surface area contributed by atoms with E-state index >= 15 is 0 Å². The van der Waals surface area contributed by atoms with E-state index in [9.17, 15) is 0 Å². The molecule has 2 fully saturated rings. The van der Waals surface area contributed by atoms with Crippen molar-refractivity contribution < 1.29 is 4.74 Å². The van der Waals surface area contributed by atoms with Gasteiger partial charge in [-0.1, -0.05) is 20.8 Å². The third kappa shape index (κ3) is 3.91. The number of aromatic nitrogens is 1. The number of ether oxygens (including phenoxy) is 1. The lowest BCUT2D eigenvalue weighted by atomic mass is 9.80. The summed E-state index contributed by atoms with van der Waals surface area (Å²) < 4.78 is 5.54. The molecule has 1 aromatic heterocycles. The van der Waals surface area contributed by atoms with Gasteiger partial charge in [0.15, 0.2) is 5.96 Å². The second-order valence-electron chi connectivity index (χ2n) is 8.06. The van der Waals surface area contributed by atoms with Gasteiger partial charge in [-0.25, -0.2) is 4.98 Å². The standard InChI is InChI=1S/C18H30N4OS/c1-17(2,3)14-12-24-15(21-14)11-20-16(19-4)22-8-5-18(13-22)6-9-23-10-7-18/h12H,5-11,13H2,1-4H3,(H,19,20). The number of likely N-dealkylation sites (tertiary alicyclic amines) is 1. The molecule has 1 aromatic rings. The molecule has 134 valence electrons. The van der Waals surface area contributed by atoms with Crippen LogP contribution in [0, 0.1) is 5.41 Å². The van der Waals surface area contributed by atoms with E-state index < -0.39 is 0 Å². The first kappa shape index (κ1) is 17.7. The molecule has 6 heteroatoms. The molecule has 2 aliphatic rings. The number of nitrogens with one attached hydrogen (secondary N) is 1. The highest BCUT2D eigenvalue weighted by Gasteiger charge is 2.40. The van der Waals surface area contributed by atoms with Crippen molar-refractivity contribution in [1.29, 1.82) is 0 Å². The predicted molar refractivity (Wildman–Crippen MR) is 99.7 cm³/mol. The minimum Gasteiger partial charge on any atom is -0.381 e. The molecule has 1 spiro atoms. The van der Waals surface area contributed by atoms with Crippen molar-refractivity contribution in [2.24, 2.45) is 10.4 Å². The van der Waals surface area contributed by atoms with Crippen LogP contribution in [-0.4, -0.2) is 49.2 Å². The number of thiazole rings is 1. The topological polar surface area (TPSA) is 49.8 Å². The third-order valence-electron chi connectivity index (χ3n) is 5.22. The van der Waals surface area contributed by atoms with E-state index in [2.05, 4.69) is 41.4 Å². The molecule has 1 N–H and O–H groups in total. The molecule has 0 atom stereocenters. The lowest BCUT2D eigenvalue weighted by molar-refractivity contribution is 0.0217. The molecule has 0 aromatic carbocycles. The molecule has 0 unspecified atom stereocenters. The molecule has 3 rings (SSSR count). The van der Waals surface area contributed by atoms with E-state index in [0.717, 1.165) is 43.8 Å². The van der Waals surface area contributed by atoms with Gasteiger partial charge in [-0.2, -0.15) is 0 Å². The Morgan fingerprint density at radius 2 is 2.12 bits per heavy atom. The van der Waals surface area contributed by atoms with E-state index in [0.29, 0.717) is 5.41 Å². The van der Waals surface area contributed by atoms with Crippen LogP contribution in [0.5, 0.6) is 0 Å². The van der Waals surface area contributed by atoms with Crippen molar-refractivity contribution in [3.05, 3.63) is 16.1 Å². The molecule has 24 heavy (non-hydrogen) atoms. The summed E-state index contributed by atoms with van der Waals surface area (Å²) >= 11 is 1.73. The van der Waals surface area contributed by atoms with Gasteiger partial charge in [0.05, 0.1) is 12.2 Å². The van der Waals surface area contributed by atoms with Crippen molar-refractivity contribution in [3.8, 4) is 0 Å². The Labute approximate surface area is 149 Å². The van der Waals surface area contributed by atoms with Crippen molar-refractivity contribution in [2.45, 2.75) is 52.0 Å². The highest BCUT2D eigenvalue weighted by Crippen LogP contribution is 2.39. The predicted octanol–water partition coefficient (Wildman–Crippen LogP) is 3.02. The monoisotopic (exact) mass is 350 g/mol. The first-order valence-corrected chi connectivity index (χ1v) is 9.78. The minimum atomic E-state index is 0.112. The summed E-state index contributed by atoms with van der Waals surface area (Å²) in [5.74, 6) is 1.01. The lowest BCUT2D eigenvalue weighted by Gasteiger charge is -2.33. The first-order valence-electron chi connectivity index (χ1n) is 8.90. The summed E-state index contributed by atoms with van der Waals surface area (Å²) in [4.78, 5) is 11.7. The zero-order valence-electron chi connectivity index (χ0n) is 15.4. The lowest BCUT2D eigenvalue weighted by Crippen LogP contribution is -2.42. The molecule has 0 aliphatic carbocycles. The quantitative estimate of drug-likeness (QED) is 0.658. The van der Waals surface area contributed by atoms with Crippen LogP contribution in [0.1, 0.15) is 50.7 Å². The van der Waals surface area contributed by atoms with Crippen LogP contribution in [0.25, 0.3) is 0 Å². The van der Waals surface area contributed by atoms with Gasteiger partial charge in [0.1, 0.15) is 5.01 Å². The number of rotatable bonds is 2. The number of guanidine groups is 1. The molecular formula is C18H30N4OS. The van der Waals surface area contributed by atoms with E-state index in [1.54, 1.807) is 11.3 Å². The largest absolute Gasteiger partial charge is 0.381 e. The summed E-state index contributed by atoms with van der Waals surface area (Å²) in [5, 5.41) is 6.81. The van der Waals surface area contributed by atoms with Gasteiger partial charge >= 0.3 is 0 Å². The number of nitrogens with zero attached hydrogens (tertiary/aromatic N) is 3. The summed E-state index contributed by atoms with van der Waals surface area (Å²) in [6.45, 7) is 11.4. The zero-order valence-corrected chi connectivity index (χ0v) is 16.2. The maximum absolute atomic E-state index is 5.54. The summed E-state index contributed by atoms with van der Waals surface area (Å²) in [6, 6.07) is 0. The van der Waals surface area contributed by atoms with Crippen molar-refractivity contribution in [2.75, 3.05) is 33.4 Å². The zero-order chi connectivity index (χ0) is 17.2. The van der Waals surface area contributed by atoms with Crippen LogP contribution in [0.3, 0.4) is 0 Å². The Morgan fingerprint density at radius 1 is 1.38 bits per heavy atom. The molecule has 3 heterocycles. The molecular weight excluding hydrogens is 320 g/mol. The van der Waals surface area contributed by atoms with Crippen LogP contribution >= 0.6 is 11.3 Å². The van der Waals surface area contributed by atoms with Gasteiger partial charge in [0.25, 0.3) is 0 Å². The fourth-order valence-electron chi connectivity index (χ4n) is 3.55. The Balaban J connectivity index is 1.57. The Bertz CT molecular complexity index is 584. The fraction of sp³-hybridized carbons (Fsp3) is 0.778. The molecule has 5 nitrogen and oxygen atoms in total. The molecule has 0 radical (unpaired) electrons. The van der Waals surface area contributed by atoms with E-state index in [4.69, 9.17) is 9.72 Å². The van der Waals surface area contributed by atoms with E-state index in [-0.39, 0.29) is 5.41 Å². The van der Waals surface area contributed by atoms with Crippen LogP contribution in [0.15, 0.2) is 10.4 Å². The fourth-order valence-corrected chi connectivity index (χ4v) is 4.51. The van der Waals surface area contributed by atoms with Gasteiger partial charge in [0, 0.05) is 44.1 Å². The van der Waals surface area contributed by atoms with E-state index in [1.165, 1.54) is 25.0 Å². The van der Waals surface area contributed by atoms with Crippen LogP contribution in [-0.2, 0) is 16.7 Å². The van der Waals surface area contributed by atoms with Gasteiger partial charge in [-0.3, -0.25) is 4.99 Å². The smallest absolute Gasteiger partial charge is 0.194 e. The second-order valence-corrected chi connectivity index (χ2v) is 9.00. The maximum atomic E-state index is 5.54. The van der Waals surface area contributed by atoms with Crippen molar-refractivity contribution in [3.63, 3.8) is 0 Å². The highest BCUT2D eigenvalue weighted by molar-refractivity contribution is 7.09. The average molecular weight is 351 g/mol. The Morgan fingerprint density at radius 3 is 2.75 bits per heavy atom. The van der Waals surface area contributed by atoms with Crippen LogP contribution in [0.2, 0.25) is 0 Å². The number of hydrogen-bond donors (Lipinski definition) is 1. The minimum absolute atomic E-state index is 0.112. The highest BCUT2D eigenvalue weighted by atomic mass is 32.1. The molecule has 2 saturated heterocycles. The van der Waals surface area contributed by atoms with Gasteiger partial charge in [0.2, 0.25) is 0 Å². The molecule has 0 saturated carbocycles. The number of hydrogen-bond acceptors (Lipinski definition) is 4. The third-order valence-corrected chi connectivity index (χ3v) is 6.07. The van der Waals surface area contributed by atoms with Crippen molar-refractivity contribution in [1.82, 2.24) is 15.2 Å². The second kappa shape index (κ2) is 7.00. The summed E-state index contributed by atoms with van der Waals surface area (Å²) in [5.41, 5.74) is 1.72. The molecule has 2 aliphatic heterocycles. The van der Waals surface area contributed by atoms with Gasteiger partial charge < -0.3 is 15.0 Å². The van der Waals surface area contributed by atoms with Crippen LogP contribution < -0.4 is 5.32 Å². The normalized spacial score (nSPS) is 21.5. The van der Waals surface area contributed by atoms with Gasteiger partial charge in [-0.05, 0) is 24.7 Å².